The van der Waals surface area contributed by atoms with Gasteiger partial charge in [0.15, 0.2) is 0 Å². The molecule has 18 heavy (non-hydrogen) atoms. The zero-order chi connectivity index (χ0) is 13.1. The van der Waals surface area contributed by atoms with Crippen molar-refractivity contribution in [1.29, 1.82) is 0 Å². The summed E-state index contributed by atoms with van der Waals surface area (Å²) in [6, 6.07) is 11.7. The van der Waals surface area contributed by atoms with Gasteiger partial charge in [0, 0.05) is 5.56 Å². The third-order valence-electron chi connectivity index (χ3n) is 2.63. The molecule has 0 radical (unpaired) electrons. The topological polar surface area (TPSA) is 17.1 Å². The van der Waals surface area contributed by atoms with Crippen LogP contribution in [0, 0.1) is 5.92 Å². The molecule has 0 saturated carbocycles. The molecule has 1 heterocycles. The van der Waals surface area contributed by atoms with Gasteiger partial charge in [-0.15, -0.1) is 11.3 Å². The highest BCUT2D eigenvalue weighted by Gasteiger charge is 2.12. The van der Waals surface area contributed by atoms with Gasteiger partial charge in [-0.25, -0.2) is 0 Å². The van der Waals surface area contributed by atoms with Crippen LogP contribution in [0.3, 0.4) is 0 Å². The molecular formula is C15H15BrOS. The second-order valence-electron chi connectivity index (χ2n) is 4.73. The third-order valence-corrected chi connectivity index (χ3v) is 4.25. The van der Waals surface area contributed by atoms with E-state index in [9.17, 15) is 4.79 Å². The van der Waals surface area contributed by atoms with E-state index in [1.54, 1.807) is 0 Å². The van der Waals surface area contributed by atoms with Gasteiger partial charge in [-0.3, -0.25) is 4.79 Å². The highest BCUT2D eigenvalue weighted by atomic mass is 79.9. The summed E-state index contributed by atoms with van der Waals surface area (Å²) in [6.45, 7) is 4.37. The molecule has 0 unspecified atom stereocenters. The van der Waals surface area contributed by atoms with E-state index in [0.29, 0.717) is 5.92 Å². The Labute approximate surface area is 120 Å². The molecule has 1 nitrogen and oxygen atoms in total. The van der Waals surface area contributed by atoms with Crippen molar-refractivity contribution in [3.05, 3.63) is 56.2 Å². The maximum absolute atomic E-state index is 12.3. The van der Waals surface area contributed by atoms with E-state index >= 15 is 0 Å². The van der Waals surface area contributed by atoms with E-state index in [0.717, 1.165) is 20.6 Å². The maximum Gasteiger partial charge on any atom is 0.202 e. The number of rotatable bonds is 4. The second kappa shape index (κ2) is 5.81. The summed E-state index contributed by atoms with van der Waals surface area (Å²) >= 11 is 4.86. The number of thiophene rings is 1. The van der Waals surface area contributed by atoms with Gasteiger partial charge >= 0.3 is 0 Å². The van der Waals surface area contributed by atoms with Crippen LogP contribution in [0.4, 0.5) is 0 Å². The van der Waals surface area contributed by atoms with E-state index in [-0.39, 0.29) is 5.78 Å². The number of carbonyl (C=O) groups excluding carboxylic acids is 1. The van der Waals surface area contributed by atoms with Crippen molar-refractivity contribution in [1.82, 2.24) is 0 Å². The van der Waals surface area contributed by atoms with Crippen molar-refractivity contribution in [3.63, 3.8) is 0 Å². The van der Waals surface area contributed by atoms with Crippen LogP contribution in [-0.2, 0) is 6.42 Å². The summed E-state index contributed by atoms with van der Waals surface area (Å²) in [7, 11) is 0. The van der Waals surface area contributed by atoms with Crippen LogP contribution in [-0.4, -0.2) is 5.78 Å². The molecule has 1 aromatic carbocycles. The first-order valence-electron chi connectivity index (χ1n) is 5.95. The minimum absolute atomic E-state index is 0.108. The zero-order valence-electron chi connectivity index (χ0n) is 10.4. The molecule has 2 aromatic rings. The van der Waals surface area contributed by atoms with E-state index in [2.05, 4.69) is 35.8 Å². The Morgan fingerprint density at radius 2 is 2.06 bits per heavy atom. The predicted molar refractivity (Wildman–Crippen MR) is 80.4 cm³/mol. The molecule has 0 bridgehead atoms. The molecule has 3 heteroatoms. The van der Waals surface area contributed by atoms with Gasteiger partial charge in [-0.2, -0.15) is 0 Å². The summed E-state index contributed by atoms with van der Waals surface area (Å²) in [5.41, 5.74) is 2.01. The smallest absolute Gasteiger partial charge is 0.202 e. The Morgan fingerprint density at radius 3 is 2.67 bits per heavy atom. The fourth-order valence-corrected chi connectivity index (χ4v) is 3.24. The maximum atomic E-state index is 12.3. The van der Waals surface area contributed by atoms with Crippen molar-refractivity contribution in [2.45, 2.75) is 20.3 Å². The van der Waals surface area contributed by atoms with Crippen molar-refractivity contribution in [2.24, 2.45) is 5.92 Å². The van der Waals surface area contributed by atoms with Gasteiger partial charge in [0.05, 0.1) is 8.66 Å². The molecule has 2 rings (SSSR count). The normalized spacial score (nSPS) is 10.9. The first kappa shape index (κ1) is 13.5. The monoisotopic (exact) mass is 322 g/mol. The molecule has 0 atom stereocenters. The van der Waals surface area contributed by atoms with Gasteiger partial charge in [0.2, 0.25) is 5.78 Å². The third kappa shape index (κ3) is 3.30. The minimum Gasteiger partial charge on any atom is -0.288 e. The Morgan fingerprint density at radius 1 is 1.28 bits per heavy atom. The average molecular weight is 323 g/mol. The number of carbonyl (C=O) groups is 1. The van der Waals surface area contributed by atoms with Crippen LogP contribution < -0.4 is 0 Å². The van der Waals surface area contributed by atoms with E-state index in [4.69, 9.17) is 0 Å². The highest BCUT2D eigenvalue weighted by molar-refractivity contribution is 9.11. The minimum atomic E-state index is 0.108. The van der Waals surface area contributed by atoms with E-state index in [1.165, 1.54) is 16.9 Å². The average Bonchev–Trinajstić information content (AvgIpc) is 2.74. The van der Waals surface area contributed by atoms with Gasteiger partial charge < -0.3 is 0 Å². The van der Waals surface area contributed by atoms with Crippen molar-refractivity contribution in [3.8, 4) is 0 Å². The number of halogens is 1. The lowest BCUT2D eigenvalue weighted by molar-refractivity contribution is 0.104. The first-order valence-corrected chi connectivity index (χ1v) is 7.56. The molecule has 94 valence electrons. The van der Waals surface area contributed by atoms with Crippen LogP contribution in [0.15, 0.2) is 40.2 Å². The lowest BCUT2D eigenvalue weighted by Crippen LogP contribution is -2.01. The van der Waals surface area contributed by atoms with E-state index in [1.807, 2.05) is 30.3 Å². The van der Waals surface area contributed by atoms with Crippen LogP contribution >= 0.6 is 27.3 Å². The number of hydrogen-bond acceptors (Lipinski definition) is 2. The van der Waals surface area contributed by atoms with Gasteiger partial charge in [-0.05, 0) is 52.0 Å². The SMILES string of the molecule is CC(C)Cc1cccc(C(=O)c2ccc(Br)s2)c1. The Bertz CT molecular complexity index is 557. The summed E-state index contributed by atoms with van der Waals surface area (Å²) in [5.74, 6) is 0.711. The largest absolute Gasteiger partial charge is 0.288 e. The lowest BCUT2D eigenvalue weighted by atomic mass is 9.99. The van der Waals surface area contributed by atoms with Crippen LogP contribution in [0.25, 0.3) is 0 Å². The first-order chi connectivity index (χ1) is 8.56. The Kier molecular flexibility index (Phi) is 4.36. The highest BCUT2D eigenvalue weighted by Crippen LogP contribution is 2.24. The van der Waals surface area contributed by atoms with Gasteiger partial charge in [0.25, 0.3) is 0 Å². The molecule has 0 saturated heterocycles. The van der Waals surface area contributed by atoms with Crippen molar-refractivity contribution < 1.29 is 4.79 Å². The molecule has 0 spiro atoms. The molecule has 1 aromatic heterocycles. The van der Waals surface area contributed by atoms with E-state index < -0.39 is 0 Å². The van der Waals surface area contributed by atoms with Crippen molar-refractivity contribution >= 4 is 33.0 Å². The second-order valence-corrected chi connectivity index (χ2v) is 7.19. The quantitative estimate of drug-likeness (QED) is 0.728. The summed E-state index contributed by atoms with van der Waals surface area (Å²) < 4.78 is 0.990. The fourth-order valence-electron chi connectivity index (χ4n) is 1.89. The van der Waals surface area contributed by atoms with Crippen LogP contribution in [0.5, 0.6) is 0 Å². The Hall–Kier alpha value is -0.930. The van der Waals surface area contributed by atoms with Gasteiger partial charge in [-0.1, -0.05) is 32.0 Å². The summed E-state index contributed by atoms with van der Waals surface area (Å²) in [6.07, 6.45) is 1.01. The molecule has 0 fully saturated rings. The number of hydrogen-bond donors (Lipinski definition) is 0. The molecule has 0 aliphatic heterocycles. The standard InChI is InChI=1S/C15H15BrOS/c1-10(2)8-11-4-3-5-12(9-11)15(17)13-6-7-14(16)18-13/h3-7,9-10H,8H2,1-2H3. The molecule has 0 aliphatic rings. The lowest BCUT2D eigenvalue weighted by Gasteiger charge is -2.06. The molecule has 0 aliphatic carbocycles. The number of benzene rings is 1. The summed E-state index contributed by atoms with van der Waals surface area (Å²) in [4.78, 5) is 13.1. The van der Waals surface area contributed by atoms with Gasteiger partial charge in [0.1, 0.15) is 0 Å². The molecule has 0 amide bonds. The summed E-state index contributed by atoms with van der Waals surface area (Å²) in [5, 5.41) is 0. The predicted octanol–water partition coefficient (Wildman–Crippen LogP) is 4.94. The van der Waals surface area contributed by atoms with Crippen LogP contribution in [0.2, 0.25) is 0 Å². The Balaban J connectivity index is 2.25. The fraction of sp³-hybridized carbons (Fsp3) is 0.267. The van der Waals surface area contributed by atoms with Crippen LogP contribution in [0.1, 0.15) is 34.6 Å². The molecular weight excluding hydrogens is 308 g/mol. The molecule has 0 N–H and O–H groups in total. The number of ketones is 1. The van der Waals surface area contributed by atoms with Crippen molar-refractivity contribution in [2.75, 3.05) is 0 Å². The zero-order valence-corrected chi connectivity index (χ0v) is 12.8.